The SMILES string of the molecule is COc1ccc2c(C)c(CCC(=O)Nc3ccc(Oc4cccc(C(N)=O)c4)nc3)c(=O)oc2c1. The van der Waals surface area contributed by atoms with Crippen LogP contribution in [0.25, 0.3) is 11.0 Å². The molecule has 2 aromatic heterocycles. The Morgan fingerprint density at radius 3 is 2.63 bits per heavy atom. The van der Waals surface area contributed by atoms with Gasteiger partial charge < -0.3 is 24.9 Å². The first-order valence-electron chi connectivity index (χ1n) is 10.8. The van der Waals surface area contributed by atoms with Crippen molar-refractivity contribution in [3.8, 4) is 17.4 Å². The van der Waals surface area contributed by atoms with E-state index in [0.29, 0.717) is 33.9 Å². The predicted octanol–water partition coefficient (Wildman–Crippen LogP) is 3.97. The lowest BCUT2D eigenvalue weighted by Crippen LogP contribution is -2.16. The molecule has 0 aliphatic carbocycles. The van der Waals surface area contributed by atoms with Crippen LogP contribution >= 0.6 is 0 Å². The molecule has 2 aromatic carbocycles. The molecular formula is C26H23N3O6. The molecule has 0 atom stereocenters. The molecule has 9 heteroatoms. The van der Waals surface area contributed by atoms with Gasteiger partial charge in [-0.15, -0.1) is 0 Å². The number of nitrogens with two attached hydrogens (primary N) is 1. The zero-order chi connectivity index (χ0) is 24.9. The highest BCUT2D eigenvalue weighted by molar-refractivity contribution is 5.93. The van der Waals surface area contributed by atoms with Gasteiger partial charge in [0.05, 0.1) is 19.0 Å². The van der Waals surface area contributed by atoms with Crippen LogP contribution in [0.5, 0.6) is 17.4 Å². The smallest absolute Gasteiger partial charge is 0.339 e. The van der Waals surface area contributed by atoms with Crippen LogP contribution in [0.2, 0.25) is 0 Å². The van der Waals surface area contributed by atoms with E-state index in [0.717, 1.165) is 10.9 Å². The van der Waals surface area contributed by atoms with Crippen molar-refractivity contribution in [3.63, 3.8) is 0 Å². The number of rotatable bonds is 8. The van der Waals surface area contributed by atoms with Crippen LogP contribution in [-0.2, 0) is 11.2 Å². The number of nitrogens with one attached hydrogen (secondary N) is 1. The summed E-state index contributed by atoms with van der Waals surface area (Å²) in [6.07, 6.45) is 1.77. The second-order valence-electron chi connectivity index (χ2n) is 7.78. The Kier molecular flexibility index (Phi) is 6.77. The molecule has 3 N–H and O–H groups in total. The zero-order valence-corrected chi connectivity index (χ0v) is 19.2. The van der Waals surface area contributed by atoms with Crippen LogP contribution in [0.3, 0.4) is 0 Å². The Labute approximate surface area is 200 Å². The molecule has 0 saturated heterocycles. The quantitative estimate of drug-likeness (QED) is 0.370. The van der Waals surface area contributed by atoms with Crippen LogP contribution in [0, 0.1) is 6.92 Å². The number of primary amides is 1. The van der Waals surface area contributed by atoms with Gasteiger partial charge in [0.1, 0.15) is 17.1 Å². The van der Waals surface area contributed by atoms with Gasteiger partial charge in [0.25, 0.3) is 0 Å². The van der Waals surface area contributed by atoms with Gasteiger partial charge in [-0.25, -0.2) is 9.78 Å². The molecule has 0 bridgehead atoms. The van der Waals surface area contributed by atoms with E-state index in [1.807, 2.05) is 13.0 Å². The summed E-state index contributed by atoms with van der Waals surface area (Å²) in [7, 11) is 1.54. The van der Waals surface area contributed by atoms with Gasteiger partial charge in [-0.2, -0.15) is 0 Å². The summed E-state index contributed by atoms with van der Waals surface area (Å²) >= 11 is 0. The minimum atomic E-state index is -0.557. The molecule has 0 fully saturated rings. The normalized spacial score (nSPS) is 10.7. The highest BCUT2D eigenvalue weighted by Crippen LogP contribution is 2.25. The fourth-order valence-electron chi connectivity index (χ4n) is 3.60. The van der Waals surface area contributed by atoms with Crippen molar-refractivity contribution in [3.05, 3.63) is 87.9 Å². The van der Waals surface area contributed by atoms with E-state index in [4.69, 9.17) is 19.6 Å². The van der Waals surface area contributed by atoms with Gasteiger partial charge in [-0.1, -0.05) is 6.07 Å². The van der Waals surface area contributed by atoms with E-state index in [2.05, 4.69) is 10.3 Å². The van der Waals surface area contributed by atoms with Crippen LogP contribution in [0.15, 0.2) is 70.0 Å². The van der Waals surface area contributed by atoms with E-state index in [9.17, 15) is 14.4 Å². The van der Waals surface area contributed by atoms with Gasteiger partial charge in [0.2, 0.25) is 17.7 Å². The number of amides is 2. The number of nitrogens with zero attached hydrogens (tertiary/aromatic N) is 1. The van der Waals surface area contributed by atoms with Crippen molar-refractivity contribution in [2.75, 3.05) is 12.4 Å². The van der Waals surface area contributed by atoms with Crippen molar-refractivity contribution >= 4 is 28.5 Å². The monoisotopic (exact) mass is 473 g/mol. The molecule has 2 heterocycles. The third-order valence-corrected chi connectivity index (χ3v) is 5.46. The lowest BCUT2D eigenvalue weighted by molar-refractivity contribution is -0.116. The Balaban J connectivity index is 1.38. The number of anilines is 1. The van der Waals surface area contributed by atoms with E-state index < -0.39 is 11.5 Å². The van der Waals surface area contributed by atoms with Crippen molar-refractivity contribution in [1.82, 2.24) is 4.98 Å². The first kappa shape index (κ1) is 23.5. The maximum Gasteiger partial charge on any atom is 0.339 e. The first-order valence-corrected chi connectivity index (χ1v) is 10.8. The third-order valence-electron chi connectivity index (χ3n) is 5.46. The average Bonchev–Trinajstić information content (AvgIpc) is 2.85. The Hall–Kier alpha value is -4.66. The standard InChI is InChI=1S/C26H23N3O6/c1-15-20-8-7-18(33-2)13-22(20)35-26(32)21(15)9-10-23(30)29-17-6-11-24(28-14-17)34-19-5-3-4-16(12-19)25(27)31/h3-8,11-14H,9-10H2,1-2H3,(H2,27,31)(H,29,30). The van der Waals surface area contributed by atoms with Gasteiger partial charge in [0, 0.05) is 35.1 Å². The van der Waals surface area contributed by atoms with Crippen molar-refractivity contribution in [2.45, 2.75) is 19.8 Å². The van der Waals surface area contributed by atoms with Gasteiger partial charge in [-0.3, -0.25) is 9.59 Å². The fraction of sp³-hybridized carbons (Fsp3) is 0.154. The number of aromatic nitrogens is 1. The largest absolute Gasteiger partial charge is 0.497 e. The van der Waals surface area contributed by atoms with Crippen molar-refractivity contribution in [2.24, 2.45) is 5.73 Å². The number of aryl methyl sites for hydroxylation is 1. The third kappa shape index (κ3) is 5.47. The zero-order valence-electron chi connectivity index (χ0n) is 19.2. The number of hydrogen-bond donors (Lipinski definition) is 2. The van der Waals surface area contributed by atoms with Crippen LogP contribution in [-0.4, -0.2) is 23.9 Å². The summed E-state index contributed by atoms with van der Waals surface area (Å²) in [5.74, 6) is 0.456. The van der Waals surface area contributed by atoms with Gasteiger partial charge >= 0.3 is 5.63 Å². The van der Waals surface area contributed by atoms with E-state index in [1.54, 1.807) is 49.6 Å². The topological polar surface area (TPSA) is 134 Å². The summed E-state index contributed by atoms with van der Waals surface area (Å²) in [5, 5.41) is 3.54. The lowest BCUT2D eigenvalue weighted by atomic mass is 10.0. The summed E-state index contributed by atoms with van der Waals surface area (Å²) in [4.78, 5) is 40.4. The molecule has 0 radical (unpaired) electrons. The molecule has 2 amide bonds. The maximum atomic E-state index is 12.5. The number of benzene rings is 2. The van der Waals surface area contributed by atoms with E-state index in [-0.39, 0.29) is 24.6 Å². The maximum absolute atomic E-state index is 12.5. The van der Waals surface area contributed by atoms with Gasteiger partial charge in [-0.05, 0) is 55.3 Å². The summed E-state index contributed by atoms with van der Waals surface area (Å²) < 4.78 is 16.2. The van der Waals surface area contributed by atoms with E-state index >= 15 is 0 Å². The number of ether oxygens (including phenoxy) is 2. The molecule has 0 saturated carbocycles. The van der Waals surface area contributed by atoms with Crippen LogP contribution in [0.4, 0.5) is 5.69 Å². The summed E-state index contributed by atoms with van der Waals surface area (Å²) in [5.41, 5.74) is 7.27. The second-order valence-corrected chi connectivity index (χ2v) is 7.78. The Morgan fingerprint density at radius 1 is 1.09 bits per heavy atom. The fourth-order valence-corrected chi connectivity index (χ4v) is 3.60. The number of methoxy groups -OCH3 is 1. The molecule has 0 spiro atoms. The molecule has 0 unspecified atom stereocenters. The molecule has 35 heavy (non-hydrogen) atoms. The molecule has 178 valence electrons. The predicted molar refractivity (Wildman–Crippen MR) is 130 cm³/mol. The number of carbonyl (C=O) groups excluding carboxylic acids is 2. The van der Waals surface area contributed by atoms with Gasteiger partial charge in [0.15, 0.2) is 0 Å². The highest BCUT2D eigenvalue weighted by Gasteiger charge is 2.14. The van der Waals surface area contributed by atoms with Crippen molar-refractivity contribution in [1.29, 1.82) is 0 Å². The minimum Gasteiger partial charge on any atom is -0.497 e. The minimum absolute atomic E-state index is 0.0887. The molecule has 9 nitrogen and oxygen atoms in total. The molecule has 0 aliphatic heterocycles. The summed E-state index contributed by atoms with van der Waals surface area (Å²) in [6.45, 7) is 1.83. The average molecular weight is 473 g/mol. The molecule has 4 aromatic rings. The highest BCUT2D eigenvalue weighted by atomic mass is 16.5. The van der Waals surface area contributed by atoms with Crippen molar-refractivity contribution < 1.29 is 23.5 Å². The molecular weight excluding hydrogens is 450 g/mol. The van der Waals surface area contributed by atoms with Crippen LogP contribution in [0.1, 0.15) is 27.9 Å². The Morgan fingerprint density at radius 2 is 1.91 bits per heavy atom. The first-order chi connectivity index (χ1) is 16.8. The number of fused-ring (bicyclic) bond motifs is 1. The van der Waals surface area contributed by atoms with E-state index in [1.165, 1.54) is 12.3 Å². The summed E-state index contributed by atoms with van der Waals surface area (Å²) in [6, 6.07) is 14.9. The second kappa shape index (κ2) is 10.1. The number of pyridine rings is 1. The molecule has 0 aliphatic rings. The van der Waals surface area contributed by atoms with Crippen LogP contribution < -0.4 is 26.1 Å². The molecule has 4 rings (SSSR count). The lowest BCUT2D eigenvalue weighted by Gasteiger charge is -2.10. The number of hydrogen-bond acceptors (Lipinski definition) is 7. The Bertz CT molecular complexity index is 1460. The number of carbonyl (C=O) groups is 2.